The van der Waals surface area contributed by atoms with E-state index >= 15 is 0 Å². The number of thiazole rings is 1. The second kappa shape index (κ2) is 13.8. The summed E-state index contributed by atoms with van der Waals surface area (Å²) >= 11 is 4.86. The molecule has 2 unspecified atom stereocenters. The van der Waals surface area contributed by atoms with Crippen LogP contribution in [-0.4, -0.2) is 84.1 Å². The first kappa shape index (κ1) is 30.8. The lowest BCUT2D eigenvalue weighted by Crippen LogP contribution is -2.51. The Labute approximate surface area is 261 Å². The highest BCUT2D eigenvalue weighted by Crippen LogP contribution is 2.37. The summed E-state index contributed by atoms with van der Waals surface area (Å²) in [5.74, 6) is -0.855. The van der Waals surface area contributed by atoms with Crippen molar-refractivity contribution in [3.05, 3.63) is 91.7 Å². The fourth-order valence-electron chi connectivity index (χ4n) is 5.35. The van der Waals surface area contributed by atoms with Crippen LogP contribution in [-0.2, 0) is 14.3 Å². The highest BCUT2D eigenvalue weighted by atomic mass is 79.9. The van der Waals surface area contributed by atoms with E-state index in [1.807, 2.05) is 16.3 Å². The number of halogens is 2. The van der Waals surface area contributed by atoms with Crippen LogP contribution in [0.5, 0.6) is 5.75 Å². The predicted molar refractivity (Wildman–Crippen MR) is 164 cm³/mol. The molecule has 1 saturated heterocycles. The quantitative estimate of drug-likeness (QED) is 0.303. The summed E-state index contributed by atoms with van der Waals surface area (Å²) in [6, 6.07) is 9.82. The van der Waals surface area contributed by atoms with E-state index in [-0.39, 0.29) is 6.61 Å². The molecule has 0 bridgehead atoms. The van der Waals surface area contributed by atoms with E-state index in [9.17, 15) is 19.1 Å². The van der Waals surface area contributed by atoms with Gasteiger partial charge in [0.25, 0.3) is 0 Å². The number of para-hydroxylation sites is 1. The standard InChI is InChI=1S/C30H31BrFN5O5S/c1-3-42-30(40)24-22(34-27(28-33-10-15-43-28)35-25(24)19-9-8-18(32)16-21(19)31)17-36-11-13-37(14-12-36)26(29(38)39)20-6-4-5-7-23(20)41-2/h4-10,15-16,25-26H,3,11-14,17H2,1-2H3,(H,34,35)(H,38,39). The summed E-state index contributed by atoms with van der Waals surface area (Å²) in [5.41, 5.74) is 2.15. The number of ether oxygens (including phenoxy) is 2. The fourth-order valence-corrected chi connectivity index (χ4v) is 6.50. The number of carboxylic acid groups (broad SMARTS) is 1. The molecule has 10 nitrogen and oxygen atoms in total. The second-order valence-electron chi connectivity index (χ2n) is 9.92. The molecule has 0 radical (unpaired) electrons. The van der Waals surface area contributed by atoms with Crippen LogP contribution in [0.15, 0.2) is 74.8 Å². The number of carbonyl (C=O) groups is 2. The number of amidine groups is 1. The van der Waals surface area contributed by atoms with E-state index < -0.39 is 29.8 Å². The van der Waals surface area contributed by atoms with Gasteiger partial charge in [-0.15, -0.1) is 11.3 Å². The van der Waals surface area contributed by atoms with Gasteiger partial charge in [0.15, 0.2) is 10.8 Å². The van der Waals surface area contributed by atoms with E-state index in [1.54, 1.807) is 37.4 Å². The molecule has 2 aromatic carbocycles. The summed E-state index contributed by atoms with van der Waals surface area (Å²) in [4.78, 5) is 39.2. The molecule has 2 N–H and O–H groups in total. The number of aliphatic carboxylic acids is 1. The monoisotopic (exact) mass is 671 g/mol. The summed E-state index contributed by atoms with van der Waals surface area (Å²) in [5, 5.41) is 16.0. The van der Waals surface area contributed by atoms with Gasteiger partial charge in [-0.05, 0) is 30.7 Å². The van der Waals surface area contributed by atoms with Gasteiger partial charge in [0.05, 0.1) is 19.3 Å². The molecule has 0 amide bonds. The minimum Gasteiger partial charge on any atom is -0.496 e. The summed E-state index contributed by atoms with van der Waals surface area (Å²) in [6.07, 6.45) is 1.68. The minimum atomic E-state index is -0.948. The summed E-state index contributed by atoms with van der Waals surface area (Å²) in [6.45, 7) is 4.34. The van der Waals surface area contributed by atoms with Gasteiger partial charge in [-0.25, -0.2) is 14.2 Å². The number of rotatable bonds is 10. The van der Waals surface area contributed by atoms with Crippen molar-refractivity contribution in [1.82, 2.24) is 20.1 Å². The number of hydrogen-bond donors (Lipinski definition) is 2. The van der Waals surface area contributed by atoms with Gasteiger partial charge < -0.3 is 19.9 Å². The maximum Gasteiger partial charge on any atom is 0.338 e. The van der Waals surface area contributed by atoms with Crippen molar-refractivity contribution in [2.75, 3.05) is 46.4 Å². The molecule has 1 aromatic heterocycles. The second-order valence-corrected chi connectivity index (χ2v) is 11.7. The summed E-state index contributed by atoms with van der Waals surface area (Å²) < 4.78 is 25.4. The summed E-state index contributed by atoms with van der Waals surface area (Å²) in [7, 11) is 1.53. The Balaban J connectivity index is 1.44. The number of aromatic nitrogens is 1. The van der Waals surface area contributed by atoms with Crippen LogP contribution >= 0.6 is 27.3 Å². The van der Waals surface area contributed by atoms with Gasteiger partial charge in [0.2, 0.25) is 0 Å². The minimum absolute atomic E-state index is 0.175. The molecule has 0 aliphatic carbocycles. The van der Waals surface area contributed by atoms with Gasteiger partial charge >= 0.3 is 11.9 Å². The van der Waals surface area contributed by atoms with Crippen LogP contribution in [0, 0.1) is 5.82 Å². The zero-order valence-electron chi connectivity index (χ0n) is 23.6. The molecule has 13 heteroatoms. The Morgan fingerprint density at radius 1 is 1.21 bits per heavy atom. The smallest absolute Gasteiger partial charge is 0.338 e. The lowest BCUT2D eigenvalue weighted by molar-refractivity contribution is -0.144. The molecule has 3 heterocycles. The van der Waals surface area contributed by atoms with E-state index in [2.05, 4.69) is 31.1 Å². The number of carboxylic acids is 1. The van der Waals surface area contributed by atoms with Crippen LogP contribution in [0.3, 0.4) is 0 Å². The van der Waals surface area contributed by atoms with Crippen LogP contribution in [0.4, 0.5) is 4.39 Å². The van der Waals surface area contributed by atoms with E-state index in [1.165, 1.54) is 30.6 Å². The fraction of sp³-hybridized carbons (Fsp3) is 0.333. The first-order valence-corrected chi connectivity index (χ1v) is 15.4. The number of carbonyl (C=O) groups excluding carboxylic acids is 1. The van der Waals surface area contributed by atoms with E-state index in [0.717, 1.165) is 0 Å². The lowest BCUT2D eigenvalue weighted by Gasteiger charge is -2.39. The number of aliphatic imine (C=N–C) groups is 1. The van der Waals surface area contributed by atoms with Gasteiger partial charge in [0.1, 0.15) is 23.7 Å². The maximum absolute atomic E-state index is 14.0. The highest BCUT2D eigenvalue weighted by Gasteiger charge is 2.36. The molecule has 1 fully saturated rings. The topological polar surface area (TPSA) is 117 Å². The van der Waals surface area contributed by atoms with Crippen LogP contribution in [0.1, 0.15) is 35.1 Å². The van der Waals surface area contributed by atoms with Gasteiger partial charge in [-0.1, -0.05) is 40.2 Å². The van der Waals surface area contributed by atoms with Crippen LogP contribution < -0.4 is 10.1 Å². The average molecular weight is 673 g/mol. The Morgan fingerprint density at radius 3 is 2.63 bits per heavy atom. The van der Waals surface area contributed by atoms with Crippen molar-refractivity contribution in [2.45, 2.75) is 19.0 Å². The Bertz CT molecular complexity index is 1540. The van der Waals surface area contributed by atoms with Gasteiger partial charge in [0, 0.05) is 60.0 Å². The maximum atomic E-state index is 14.0. The molecule has 2 aliphatic heterocycles. The molecular weight excluding hydrogens is 641 g/mol. The first-order valence-electron chi connectivity index (χ1n) is 13.7. The van der Waals surface area contributed by atoms with E-state index in [4.69, 9.17) is 14.5 Å². The number of nitrogens with zero attached hydrogens (tertiary/aromatic N) is 4. The molecule has 2 aliphatic rings. The van der Waals surface area contributed by atoms with Crippen LogP contribution in [0.25, 0.3) is 0 Å². The average Bonchev–Trinajstić information content (AvgIpc) is 3.53. The predicted octanol–water partition coefficient (Wildman–Crippen LogP) is 4.41. The molecule has 5 rings (SSSR count). The normalized spacial score (nSPS) is 18.5. The van der Waals surface area contributed by atoms with Crippen LogP contribution in [0.2, 0.25) is 0 Å². The Kier molecular flexibility index (Phi) is 9.86. The van der Waals surface area contributed by atoms with Crippen molar-refractivity contribution >= 4 is 45.0 Å². The van der Waals surface area contributed by atoms with Crippen molar-refractivity contribution < 1.29 is 28.6 Å². The zero-order valence-corrected chi connectivity index (χ0v) is 26.0. The number of methoxy groups -OCH3 is 1. The molecule has 0 saturated carbocycles. The van der Waals surface area contributed by atoms with Crippen molar-refractivity contribution in [2.24, 2.45) is 4.99 Å². The third-order valence-electron chi connectivity index (χ3n) is 7.33. The molecular formula is C30H31BrFN5O5S. The van der Waals surface area contributed by atoms with Crippen molar-refractivity contribution in [3.8, 4) is 5.75 Å². The number of nitrogens with one attached hydrogen (secondary N) is 1. The van der Waals surface area contributed by atoms with Gasteiger partial charge in [-0.2, -0.15) is 0 Å². The van der Waals surface area contributed by atoms with Gasteiger partial charge in [-0.3, -0.25) is 19.6 Å². The molecule has 0 spiro atoms. The number of esters is 1. The zero-order chi connectivity index (χ0) is 30.5. The highest BCUT2D eigenvalue weighted by molar-refractivity contribution is 9.10. The first-order chi connectivity index (χ1) is 20.8. The SMILES string of the molecule is CCOC(=O)C1=C(CN2CCN(C(C(=O)O)c3ccccc3OC)CC2)NC(c2nccs2)=NC1c1ccc(F)cc1Br. The molecule has 226 valence electrons. The Morgan fingerprint density at radius 2 is 1.98 bits per heavy atom. The third-order valence-corrected chi connectivity index (χ3v) is 8.80. The Hall–Kier alpha value is -3.65. The number of hydrogen-bond acceptors (Lipinski definition) is 10. The largest absolute Gasteiger partial charge is 0.496 e. The molecule has 3 aromatic rings. The molecule has 43 heavy (non-hydrogen) atoms. The number of benzene rings is 2. The number of piperazine rings is 1. The van der Waals surface area contributed by atoms with Crippen molar-refractivity contribution in [3.63, 3.8) is 0 Å². The molecule has 2 atom stereocenters. The van der Waals surface area contributed by atoms with E-state index in [0.29, 0.717) is 76.2 Å². The van der Waals surface area contributed by atoms with Crippen molar-refractivity contribution in [1.29, 1.82) is 0 Å². The third kappa shape index (κ3) is 6.80. The lowest BCUT2D eigenvalue weighted by atomic mass is 9.95.